The van der Waals surface area contributed by atoms with E-state index < -0.39 is 30.3 Å². The van der Waals surface area contributed by atoms with Crippen molar-refractivity contribution in [3.05, 3.63) is 6.61 Å². The van der Waals surface area contributed by atoms with Crippen LogP contribution in [0.25, 0.3) is 0 Å². The van der Waals surface area contributed by atoms with Gasteiger partial charge >= 0.3 is 11.9 Å². The number of ether oxygens (including phenoxy) is 3. The van der Waals surface area contributed by atoms with Gasteiger partial charge in [0.05, 0.1) is 0 Å². The van der Waals surface area contributed by atoms with Gasteiger partial charge < -0.3 is 14.2 Å². The van der Waals surface area contributed by atoms with E-state index in [0.717, 1.165) is 6.61 Å². The summed E-state index contributed by atoms with van der Waals surface area (Å²) in [5, 5.41) is 0. The van der Waals surface area contributed by atoms with Crippen LogP contribution in [0.15, 0.2) is 0 Å². The van der Waals surface area contributed by atoms with Crippen LogP contribution in [0, 0.1) is 6.61 Å². The number of carbonyl (C=O) groups is 2. The van der Waals surface area contributed by atoms with Gasteiger partial charge in [-0.15, -0.1) is 0 Å². The van der Waals surface area contributed by atoms with Gasteiger partial charge in [0.2, 0.25) is 0 Å². The quantitative estimate of drug-likeness (QED) is 0.642. The first kappa shape index (κ1) is 11.9. The summed E-state index contributed by atoms with van der Waals surface area (Å²) in [6.07, 6.45) is -3.30. The molecule has 15 heavy (non-hydrogen) atoms. The maximum atomic E-state index is 13.1. The zero-order chi connectivity index (χ0) is 11.4. The van der Waals surface area contributed by atoms with Crippen molar-refractivity contribution in [1.82, 2.24) is 0 Å². The molecule has 0 aromatic heterocycles. The van der Waals surface area contributed by atoms with E-state index in [1.165, 1.54) is 13.8 Å². The van der Waals surface area contributed by atoms with Crippen molar-refractivity contribution in [3.8, 4) is 0 Å². The fraction of sp³-hybridized carbons (Fsp3) is 0.667. The van der Waals surface area contributed by atoms with Gasteiger partial charge in [0.25, 0.3) is 0 Å². The highest BCUT2D eigenvalue weighted by Gasteiger charge is 2.41. The smallest absolute Gasteiger partial charge is 0.303 e. The molecule has 1 radical (unpaired) electrons. The molecule has 0 aromatic rings. The van der Waals surface area contributed by atoms with Crippen LogP contribution >= 0.6 is 0 Å². The third kappa shape index (κ3) is 3.47. The van der Waals surface area contributed by atoms with E-state index in [-0.39, 0.29) is 6.61 Å². The van der Waals surface area contributed by atoms with E-state index in [1.54, 1.807) is 0 Å². The van der Waals surface area contributed by atoms with Crippen LogP contribution in [0.3, 0.4) is 0 Å². The Kier molecular flexibility index (Phi) is 4.02. The van der Waals surface area contributed by atoms with Gasteiger partial charge in [0.15, 0.2) is 12.3 Å². The van der Waals surface area contributed by atoms with E-state index in [9.17, 15) is 14.0 Å². The molecule has 3 atom stereocenters. The molecule has 1 aliphatic heterocycles. The molecule has 0 N–H and O–H groups in total. The summed E-state index contributed by atoms with van der Waals surface area (Å²) in [5.41, 5.74) is 0. The molecule has 85 valence electrons. The van der Waals surface area contributed by atoms with Crippen molar-refractivity contribution >= 4 is 11.9 Å². The Balaban J connectivity index is 2.47. The van der Waals surface area contributed by atoms with Crippen LogP contribution in [0.4, 0.5) is 4.39 Å². The topological polar surface area (TPSA) is 61.8 Å². The zero-order valence-electron chi connectivity index (χ0n) is 8.44. The molecule has 0 bridgehead atoms. The van der Waals surface area contributed by atoms with Gasteiger partial charge in [-0.1, -0.05) is 0 Å². The Labute approximate surface area is 86.5 Å². The zero-order valence-corrected chi connectivity index (χ0v) is 8.44. The summed E-state index contributed by atoms with van der Waals surface area (Å²) in [5.74, 6) is -1.10. The summed E-state index contributed by atoms with van der Waals surface area (Å²) < 4.78 is 27.4. The number of hydrogen-bond donors (Lipinski definition) is 0. The Bertz CT molecular complexity index is 255. The maximum absolute atomic E-state index is 13.1. The molecule has 1 saturated heterocycles. The standard InChI is InChI=1S/C9H12FO5/c1-5(11)13-4-8-9(15-6(2)12)7(10)3-14-8/h3,7-9H,4H2,1-2H3/t7-,8-,9+/m1/s1. The molecule has 5 nitrogen and oxygen atoms in total. The molecule has 0 amide bonds. The fourth-order valence-corrected chi connectivity index (χ4v) is 1.20. The molecule has 0 unspecified atom stereocenters. The lowest BCUT2D eigenvalue weighted by Crippen LogP contribution is -2.35. The molecule has 0 spiro atoms. The summed E-state index contributed by atoms with van der Waals surface area (Å²) in [4.78, 5) is 21.2. The van der Waals surface area contributed by atoms with Gasteiger partial charge in [-0.2, -0.15) is 0 Å². The molecule has 0 aromatic carbocycles. The molecular formula is C9H12FO5. The minimum absolute atomic E-state index is 0.135. The minimum atomic E-state index is -1.49. The Morgan fingerprint density at radius 1 is 1.40 bits per heavy atom. The lowest BCUT2D eigenvalue weighted by atomic mass is 10.2. The molecular weight excluding hydrogens is 207 g/mol. The summed E-state index contributed by atoms with van der Waals surface area (Å²) >= 11 is 0. The first-order chi connectivity index (χ1) is 7.00. The number of carbonyl (C=O) groups excluding carboxylic acids is 2. The largest absolute Gasteiger partial charge is 0.463 e. The van der Waals surface area contributed by atoms with Crippen molar-refractivity contribution in [2.75, 3.05) is 6.61 Å². The fourth-order valence-electron chi connectivity index (χ4n) is 1.20. The number of esters is 2. The van der Waals surface area contributed by atoms with Crippen molar-refractivity contribution in [2.24, 2.45) is 0 Å². The summed E-state index contributed by atoms with van der Waals surface area (Å²) in [6, 6.07) is 0. The third-order valence-electron chi connectivity index (χ3n) is 1.82. The average Bonchev–Trinajstić information content (AvgIpc) is 2.44. The third-order valence-corrected chi connectivity index (χ3v) is 1.82. The molecule has 0 aliphatic carbocycles. The number of alkyl halides is 1. The van der Waals surface area contributed by atoms with Crippen molar-refractivity contribution in [3.63, 3.8) is 0 Å². The molecule has 1 heterocycles. The molecule has 1 fully saturated rings. The van der Waals surface area contributed by atoms with Crippen molar-refractivity contribution in [1.29, 1.82) is 0 Å². The molecule has 0 saturated carbocycles. The van der Waals surface area contributed by atoms with Gasteiger partial charge in [-0.25, -0.2) is 4.39 Å². The Morgan fingerprint density at radius 3 is 2.60 bits per heavy atom. The highest BCUT2D eigenvalue weighted by atomic mass is 19.1. The second kappa shape index (κ2) is 5.06. The normalized spacial score (nSPS) is 29.9. The van der Waals surface area contributed by atoms with Gasteiger partial charge in [0.1, 0.15) is 19.3 Å². The van der Waals surface area contributed by atoms with Gasteiger partial charge in [0, 0.05) is 13.8 Å². The van der Waals surface area contributed by atoms with Crippen LogP contribution in [0.2, 0.25) is 0 Å². The van der Waals surface area contributed by atoms with Crippen molar-refractivity contribution < 1.29 is 28.2 Å². The van der Waals surface area contributed by atoms with Gasteiger partial charge in [-0.05, 0) is 0 Å². The lowest BCUT2D eigenvalue weighted by molar-refractivity contribution is -0.155. The second-order valence-electron chi connectivity index (χ2n) is 3.13. The number of rotatable bonds is 3. The predicted octanol–water partition coefficient (Wildman–Crippen LogP) is 0.380. The Morgan fingerprint density at radius 2 is 2.07 bits per heavy atom. The monoisotopic (exact) mass is 219 g/mol. The van der Waals surface area contributed by atoms with E-state index in [4.69, 9.17) is 9.47 Å². The summed E-state index contributed by atoms with van der Waals surface area (Å²) in [7, 11) is 0. The lowest BCUT2D eigenvalue weighted by Gasteiger charge is -2.18. The highest BCUT2D eigenvalue weighted by molar-refractivity contribution is 5.66. The van der Waals surface area contributed by atoms with Crippen molar-refractivity contribution in [2.45, 2.75) is 32.2 Å². The summed E-state index contributed by atoms with van der Waals surface area (Å²) in [6.45, 7) is 3.20. The molecule has 1 aliphatic rings. The van der Waals surface area contributed by atoms with Crippen LogP contribution in [-0.2, 0) is 23.8 Å². The van der Waals surface area contributed by atoms with E-state index in [2.05, 4.69) is 4.74 Å². The minimum Gasteiger partial charge on any atom is -0.463 e. The SMILES string of the molecule is CC(=O)OC[C@H]1O[CH][C@@H](F)[C@@H]1OC(C)=O. The average molecular weight is 219 g/mol. The number of hydrogen-bond acceptors (Lipinski definition) is 5. The maximum Gasteiger partial charge on any atom is 0.303 e. The highest BCUT2D eigenvalue weighted by Crippen LogP contribution is 2.24. The van der Waals surface area contributed by atoms with Crippen LogP contribution in [0.5, 0.6) is 0 Å². The van der Waals surface area contributed by atoms with Crippen LogP contribution in [-0.4, -0.2) is 36.9 Å². The van der Waals surface area contributed by atoms with Crippen LogP contribution < -0.4 is 0 Å². The predicted molar refractivity (Wildman–Crippen MR) is 46.3 cm³/mol. The van der Waals surface area contributed by atoms with E-state index in [1.807, 2.05) is 0 Å². The first-order valence-electron chi connectivity index (χ1n) is 4.44. The number of halogens is 1. The molecule has 6 heteroatoms. The van der Waals surface area contributed by atoms with Crippen LogP contribution in [0.1, 0.15) is 13.8 Å². The van der Waals surface area contributed by atoms with E-state index >= 15 is 0 Å². The second-order valence-corrected chi connectivity index (χ2v) is 3.13. The Hall–Kier alpha value is -1.17. The van der Waals surface area contributed by atoms with E-state index in [0.29, 0.717) is 0 Å². The molecule has 1 rings (SSSR count). The van der Waals surface area contributed by atoms with Gasteiger partial charge in [-0.3, -0.25) is 9.59 Å². The first-order valence-corrected chi connectivity index (χ1v) is 4.44.